The standard InChI is InChI=1S/C7H11IN2/c1-3-7(4-9)10-5-6(2)8/h4-5,9H,3H2,1-2H3/b6-5-,9-4?,10-7?. The fourth-order valence-corrected chi connectivity index (χ4v) is 0.542. The van der Waals surface area contributed by atoms with Crippen LogP contribution in [0.15, 0.2) is 14.8 Å². The van der Waals surface area contributed by atoms with E-state index < -0.39 is 0 Å². The summed E-state index contributed by atoms with van der Waals surface area (Å²) >= 11 is 2.19. The second kappa shape index (κ2) is 5.58. The first-order valence-electron chi connectivity index (χ1n) is 3.10. The molecule has 0 aromatic carbocycles. The van der Waals surface area contributed by atoms with Gasteiger partial charge in [-0.3, -0.25) is 4.99 Å². The third-order valence-corrected chi connectivity index (χ3v) is 1.22. The first-order chi connectivity index (χ1) is 4.70. The van der Waals surface area contributed by atoms with Crippen molar-refractivity contribution in [3.05, 3.63) is 9.78 Å². The molecule has 56 valence electrons. The predicted octanol–water partition coefficient (Wildman–Crippen LogP) is 2.78. The molecule has 3 heteroatoms. The van der Waals surface area contributed by atoms with E-state index in [1.165, 1.54) is 6.21 Å². The van der Waals surface area contributed by atoms with Crippen molar-refractivity contribution in [2.75, 3.05) is 0 Å². The van der Waals surface area contributed by atoms with E-state index in [1.807, 2.05) is 13.8 Å². The molecule has 0 aliphatic carbocycles. The lowest BCUT2D eigenvalue weighted by Crippen LogP contribution is -1.94. The molecule has 0 radical (unpaired) electrons. The molecule has 2 nitrogen and oxygen atoms in total. The second-order valence-corrected chi connectivity index (χ2v) is 3.54. The number of hydrogen-bond donors (Lipinski definition) is 1. The zero-order valence-electron chi connectivity index (χ0n) is 6.19. The van der Waals surface area contributed by atoms with Crippen LogP contribution in [0.2, 0.25) is 0 Å². The first kappa shape index (κ1) is 9.81. The lowest BCUT2D eigenvalue weighted by atomic mass is 10.3. The maximum atomic E-state index is 6.92. The summed E-state index contributed by atoms with van der Waals surface area (Å²) in [7, 11) is 0. The molecule has 1 N–H and O–H groups in total. The molecule has 0 aliphatic heterocycles. The van der Waals surface area contributed by atoms with Crippen LogP contribution < -0.4 is 0 Å². The lowest BCUT2D eigenvalue weighted by Gasteiger charge is -1.89. The highest BCUT2D eigenvalue weighted by molar-refractivity contribution is 14.1. The average molecular weight is 250 g/mol. The summed E-state index contributed by atoms with van der Waals surface area (Å²) in [5.41, 5.74) is 0.816. The maximum Gasteiger partial charge on any atom is 0.0576 e. The van der Waals surface area contributed by atoms with Crippen molar-refractivity contribution in [1.82, 2.24) is 0 Å². The third kappa shape index (κ3) is 4.67. The van der Waals surface area contributed by atoms with Crippen molar-refractivity contribution >= 4 is 34.5 Å². The van der Waals surface area contributed by atoms with Gasteiger partial charge in [0.25, 0.3) is 0 Å². The van der Waals surface area contributed by atoms with Crippen LogP contribution in [0.4, 0.5) is 0 Å². The Morgan fingerprint density at radius 2 is 2.30 bits per heavy atom. The Kier molecular flexibility index (Phi) is 5.48. The van der Waals surface area contributed by atoms with Crippen molar-refractivity contribution in [3.63, 3.8) is 0 Å². The van der Waals surface area contributed by atoms with Crippen molar-refractivity contribution in [2.24, 2.45) is 4.99 Å². The van der Waals surface area contributed by atoms with E-state index in [1.54, 1.807) is 6.20 Å². The van der Waals surface area contributed by atoms with Crippen LogP contribution in [0, 0.1) is 5.41 Å². The molecule has 0 bridgehead atoms. The highest BCUT2D eigenvalue weighted by Gasteiger charge is 1.85. The van der Waals surface area contributed by atoms with Gasteiger partial charge in [0.15, 0.2) is 0 Å². The predicted molar refractivity (Wildman–Crippen MR) is 54.3 cm³/mol. The zero-order valence-corrected chi connectivity index (χ0v) is 8.34. The monoisotopic (exact) mass is 250 g/mol. The van der Waals surface area contributed by atoms with Gasteiger partial charge in [-0.15, -0.1) is 0 Å². The van der Waals surface area contributed by atoms with Crippen molar-refractivity contribution in [2.45, 2.75) is 20.3 Å². The number of aliphatic imine (C=N–C) groups is 1. The maximum absolute atomic E-state index is 6.92. The summed E-state index contributed by atoms with van der Waals surface area (Å²) < 4.78 is 1.13. The smallest absolute Gasteiger partial charge is 0.0576 e. The Hall–Kier alpha value is -0.190. The van der Waals surface area contributed by atoms with Gasteiger partial charge in [0.05, 0.1) is 5.71 Å². The molecule has 0 spiro atoms. The molecule has 0 atom stereocenters. The molecule has 0 fully saturated rings. The minimum atomic E-state index is 0.816. The molecule has 0 heterocycles. The Bertz CT molecular complexity index is 166. The molecule has 0 aromatic heterocycles. The molecule has 0 aliphatic rings. The van der Waals surface area contributed by atoms with Gasteiger partial charge in [-0.05, 0) is 35.9 Å². The van der Waals surface area contributed by atoms with Crippen LogP contribution in [-0.2, 0) is 0 Å². The summed E-state index contributed by atoms with van der Waals surface area (Å²) in [6.45, 7) is 3.96. The molecular weight excluding hydrogens is 239 g/mol. The minimum Gasteiger partial charge on any atom is -0.307 e. The Balaban J connectivity index is 4.12. The van der Waals surface area contributed by atoms with Gasteiger partial charge < -0.3 is 5.41 Å². The number of halogens is 1. The summed E-state index contributed by atoms with van der Waals surface area (Å²) in [5.74, 6) is 0. The van der Waals surface area contributed by atoms with E-state index in [-0.39, 0.29) is 0 Å². The zero-order chi connectivity index (χ0) is 7.98. The molecule has 10 heavy (non-hydrogen) atoms. The highest BCUT2D eigenvalue weighted by Crippen LogP contribution is 2.02. The van der Waals surface area contributed by atoms with E-state index in [0.717, 1.165) is 15.7 Å². The molecular formula is C7H11IN2. The van der Waals surface area contributed by atoms with Crippen LogP contribution in [0.25, 0.3) is 0 Å². The SMILES string of the molecule is CCC(C=N)=N/C=C(/C)I. The number of nitrogens with one attached hydrogen (secondary N) is 1. The van der Waals surface area contributed by atoms with Crippen LogP contribution in [0.1, 0.15) is 20.3 Å². The van der Waals surface area contributed by atoms with E-state index >= 15 is 0 Å². The second-order valence-electron chi connectivity index (χ2n) is 1.83. The normalized spacial score (nSPS) is 13.5. The Morgan fingerprint density at radius 3 is 2.60 bits per heavy atom. The number of allylic oxidation sites excluding steroid dienone is 1. The van der Waals surface area contributed by atoms with Gasteiger partial charge in [0.1, 0.15) is 0 Å². The average Bonchev–Trinajstić information content (AvgIpc) is 1.90. The van der Waals surface area contributed by atoms with Crippen LogP contribution >= 0.6 is 22.6 Å². The van der Waals surface area contributed by atoms with Gasteiger partial charge >= 0.3 is 0 Å². The Morgan fingerprint density at radius 1 is 1.70 bits per heavy atom. The molecule has 0 saturated heterocycles. The fourth-order valence-electron chi connectivity index (χ4n) is 0.402. The first-order valence-corrected chi connectivity index (χ1v) is 4.18. The van der Waals surface area contributed by atoms with E-state index in [4.69, 9.17) is 5.41 Å². The summed E-state index contributed by atoms with van der Waals surface area (Å²) in [6.07, 6.45) is 3.88. The van der Waals surface area contributed by atoms with Crippen LogP contribution in [0.5, 0.6) is 0 Å². The van der Waals surface area contributed by atoms with Crippen molar-refractivity contribution in [1.29, 1.82) is 5.41 Å². The topological polar surface area (TPSA) is 36.2 Å². The molecule has 0 rings (SSSR count). The van der Waals surface area contributed by atoms with Gasteiger partial charge in [-0.25, -0.2) is 0 Å². The minimum absolute atomic E-state index is 0.816. The van der Waals surface area contributed by atoms with Crippen molar-refractivity contribution < 1.29 is 0 Å². The van der Waals surface area contributed by atoms with Gasteiger partial charge in [0, 0.05) is 16.0 Å². The largest absolute Gasteiger partial charge is 0.307 e. The van der Waals surface area contributed by atoms with Gasteiger partial charge in [-0.1, -0.05) is 6.92 Å². The quantitative estimate of drug-likeness (QED) is 0.590. The molecule has 0 unspecified atom stereocenters. The highest BCUT2D eigenvalue weighted by atomic mass is 127. The fraction of sp³-hybridized carbons (Fsp3) is 0.429. The van der Waals surface area contributed by atoms with Gasteiger partial charge in [0.2, 0.25) is 0 Å². The number of nitrogens with zero attached hydrogens (tertiary/aromatic N) is 1. The van der Waals surface area contributed by atoms with E-state index in [9.17, 15) is 0 Å². The third-order valence-electron chi connectivity index (χ3n) is 0.937. The molecule has 0 amide bonds. The number of rotatable bonds is 3. The van der Waals surface area contributed by atoms with Crippen LogP contribution in [-0.4, -0.2) is 11.9 Å². The van der Waals surface area contributed by atoms with Crippen molar-refractivity contribution in [3.8, 4) is 0 Å². The molecule has 0 aromatic rings. The van der Waals surface area contributed by atoms with Gasteiger partial charge in [-0.2, -0.15) is 0 Å². The summed E-state index contributed by atoms with van der Waals surface area (Å²) in [4.78, 5) is 4.06. The Labute approximate surface area is 75.1 Å². The summed E-state index contributed by atoms with van der Waals surface area (Å²) in [5, 5.41) is 6.92. The summed E-state index contributed by atoms with van der Waals surface area (Å²) in [6, 6.07) is 0. The van der Waals surface area contributed by atoms with Crippen LogP contribution in [0.3, 0.4) is 0 Å². The molecule has 0 saturated carbocycles. The van der Waals surface area contributed by atoms with E-state index in [2.05, 4.69) is 27.6 Å². The number of hydrogen-bond acceptors (Lipinski definition) is 2. The lowest BCUT2D eigenvalue weighted by molar-refractivity contribution is 1.29. The van der Waals surface area contributed by atoms with E-state index in [0.29, 0.717) is 0 Å².